The van der Waals surface area contributed by atoms with E-state index in [0.717, 1.165) is 62.1 Å². The minimum Gasteiger partial charge on any atom is -0.378 e. The van der Waals surface area contributed by atoms with Crippen molar-refractivity contribution in [1.29, 1.82) is 0 Å². The standard InChI is InChI=1S/C13H16ClN5O/c14-13-16-11(18-5-7-20-8-6-18)10-12(17-13)19-4-2-1-3-9(19)15-10/h1-8H2. The first-order valence-corrected chi connectivity index (χ1v) is 7.46. The minimum absolute atomic E-state index is 0.298. The van der Waals surface area contributed by atoms with Gasteiger partial charge in [-0.2, -0.15) is 9.97 Å². The minimum atomic E-state index is 0.298. The lowest BCUT2D eigenvalue weighted by atomic mass is 10.2. The van der Waals surface area contributed by atoms with Crippen molar-refractivity contribution in [2.75, 3.05) is 31.2 Å². The first-order valence-electron chi connectivity index (χ1n) is 7.08. The average molecular weight is 294 g/mol. The van der Waals surface area contributed by atoms with Gasteiger partial charge in [-0.1, -0.05) is 0 Å². The van der Waals surface area contributed by atoms with Crippen LogP contribution < -0.4 is 4.90 Å². The predicted octanol–water partition coefficient (Wildman–Crippen LogP) is 1.65. The molecule has 0 aromatic carbocycles. The summed E-state index contributed by atoms with van der Waals surface area (Å²) < 4.78 is 7.59. The summed E-state index contributed by atoms with van der Waals surface area (Å²) >= 11 is 6.12. The monoisotopic (exact) mass is 293 g/mol. The van der Waals surface area contributed by atoms with Crippen molar-refractivity contribution in [2.24, 2.45) is 0 Å². The summed E-state index contributed by atoms with van der Waals surface area (Å²) in [5.41, 5.74) is 1.76. The molecule has 4 rings (SSSR count). The first-order chi connectivity index (χ1) is 9.83. The molecule has 0 bridgehead atoms. The molecule has 0 unspecified atom stereocenters. The summed E-state index contributed by atoms with van der Waals surface area (Å²) in [6, 6.07) is 0. The molecule has 0 aliphatic carbocycles. The molecule has 2 aromatic rings. The van der Waals surface area contributed by atoms with Crippen LogP contribution in [0.4, 0.5) is 5.82 Å². The maximum absolute atomic E-state index is 6.12. The Balaban J connectivity index is 1.89. The van der Waals surface area contributed by atoms with Crippen LogP contribution in [0.15, 0.2) is 0 Å². The van der Waals surface area contributed by atoms with Crippen LogP contribution in [0.25, 0.3) is 11.2 Å². The van der Waals surface area contributed by atoms with E-state index in [9.17, 15) is 0 Å². The number of fused-ring (bicyclic) bond motifs is 3. The molecule has 6 nitrogen and oxygen atoms in total. The van der Waals surface area contributed by atoms with E-state index in [2.05, 4.69) is 19.4 Å². The smallest absolute Gasteiger partial charge is 0.226 e. The van der Waals surface area contributed by atoms with Gasteiger partial charge < -0.3 is 14.2 Å². The highest BCUT2D eigenvalue weighted by molar-refractivity contribution is 6.28. The van der Waals surface area contributed by atoms with E-state index in [1.54, 1.807) is 0 Å². The van der Waals surface area contributed by atoms with Crippen LogP contribution in [0.5, 0.6) is 0 Å². The molecule has 0 N–H and O–H groups in total. The van der Waals surface area contributed by atoms with E-state index >= 15 is 0 Å². The molecule has 2 aliphatic heterocycles. The summed E-state index contributed by atoms with van der Waals surface area (Å²) in [7, 11) is 0. The zero-order valence-corrected chi connectivity index (χ0v) is 11.9. The molecule has 4 heterocycles. The summed E-state index contributed by atoms with van der Waals surface area (Å²) in [6.45, 7) is 4.06. The quantitative estimate of drug-likeness (QED) is 0.748. The fourth-order valence-electron chi connectivity index (χ4n) is 2.98. The topological polar surface area (TPSA) is 56.1 Å². The molecule has 2 aromatic heterocycles. The van der Waals surface area contributed by atoms with Gasteiger partial charge in [0.05, 0.1) is 13.2 Å². The number of anilines is 1. The van der Waals surface area contributed by atoms with E-state index < -0.39 is 0 Å². The lowest BCUT2D eigenvalue weighted by Gasteiger charge is -2.27. The number of imidazole rings is 1. The molecule has 0 radical (unpaired) electrons. The number of aryl methyl sites for hydroxylation is 2. The van der Waals surface area contributed by atoms with Crippen molar-refractivity contribution >= 4 is 28.6 Å². The number of morpholine rings is 1. The molecule has 2 aliphatic rings. The first kappa shape index (κ1) is 12.3. The molecule has 0 atom stereocenters. The second-order valence-corrected chi connectivity index (χ2v) is 5.56. The molecule has 1 fully saturated rings. The third kappa shape index (κ3) is 1.94. The molecule has 0 saturated carbocycles. The summed E-state index contributed by atoms with van der Waals surface area (Å²) in [6.07, 6.45) is 3.38. The third-order valence-corrected chi connectivity index (χ3v) is 4.14. The number of hydrogen-bond acceptors (Lipinski definition) is 5. The predicted molar refractivity (Wildman–Crippen MR) is 76.3 cm³/mol. The van der Waals surface area contributed by atoms with Gasteiger partial charge in [0, 0.05) is 26.1 Å². The fourth-order valence-corrected chi connectivity index (χ4v) is 3.14. The van der Waals surface area contributed by atoms with Gasteiger partial charge in [0.25, 0.3) is 0 Å². The molecule has 0 amide bonds. The Labute approximate surface area is 121 Å². The van der Waals surface area contributed by atoms with E-state index in [1.807, 2.05) is 0 Å². The van der Waals surface area contributed by atoms with Crippen molar-refractivity contribution in [2.45, 2.75) is 25.8 Å². The van der Waals surface area contributed by atoms with Gasteiger partial charge in [0.2, 0.25) is 5.28 Å². The second-order valence-electron chi connectivity index (χ2n) is 5.22. The van der Waals surface area contributed by atoms with Crippen LogP contribution in [0.1, 0.15) is 18.7 Å². The Morgan fingerprint density at radius 3 is 2.70 bits per heavy atom. The van der Waals surface area contributed by atoms with Gasteiger partial charge in [0.15, 0.2) is 17.0 Å². The molecular formula is C13H16ClN5O. The zero-order chi connectivity index (χ0) is 13.5. The Bertz CT molecular complexity index is 650. The third-order valence-electron chi connectivity index (χ3n) is 3.97. The SMILES string of the molecule is Clc1nc(N2CCOCC2)c2nc3n(c2n1)CCCC3. The van der Waals surface area contributed by atoms with Crippen molar-refractivity contribution < 1.29 is 4.74 Å². The maximum atomic E-state index is 6.12. The normalized spacial score (nSPS) is 19.4. The van der Waals surface area contributed by atoms with Gasteiger partial charge in [-0.05, 0) is 24.4 Å². The second kappa shape index (κ2) is 4.86. The number of halogens is 1. The molecule has 1 saturated heterocycles. The van der Waals surface area contributed by atoms with Crippen LogP contribution >= 0.6 is 11.6 Å². The van der Waals surface area contributed by atoms with Crippen LogP contribution in [0.3, 0.4) is 0 Å². The van der Waals surface area contributed by atoms with Crippen LogP contribution in [-0.2, 0) is 17.7 Å². The Kier molecular flexibility index (Phi) is 3.00. The average Bonchev–Trinajstić information content (AvgIpc) is 2.86. The van der Waals surface area contributed by atoms with Gasteiger partial charge in [-0.3, -0.25) is 0 Å². The summed E-state index contributed by atoms with van der Waals surface area (Å²) in [5, 5.41) is 0.298. The number of hydrogen-bond donors (Lipinski definition) is 0. The summed E-state index contributed by atoms with van der Waals surface area (Å²) in [4.78, 5) is 15.8. The maximum Gasteiger partial charge on any atom is 0.226 e. The van der Waals surface area contributed by atoms with Crippen molar-refractivity contribution in [3.63, 3.8) is 0 Å². The van der Waals surface area contributed by atoms with Crippen molar-refractivity contribution in [1.82, 2.24) is 19.5 Å². The zero-order valence-electron chi connectivity index (χ0n) is 11.2. The van der Waals surface area contributed by atoms with E-state index in [1.165, 1.54) is 12.8 Å². The summed E-state index contributed by atoms with van der Waals surface area (Å²) in [5.74, 6) is 1.96. The number of rotatable bonds is 1. The van der Waals surface area contributed by atoms with E-state index in [-0.39, 0.29) is 0 Å². The number of nitrogens with zero attached hydrogens (tertiary/aromatic N) is 5. The van der Waals surface area contributed by atoms with Crippen LogP contribution in [0, 0.1) is 0 Å². The number of ether oxygens (including phenoxy) is 1. The lowest BCUT2D eigenvalue weighted by Crippen LogP contribution is -2.37. The van der Waals surface area contributed by atoms with Gasteiger partial charge in [-0.15, -0.1) is 0 Å². The number of aromatic nitrogens is 4. The highest BCUT2D eigenvalue weighted by Gasteiger charge is 2.23. The highest BCUT2D eigenvalue weighted by atomic mass is 35.5. The molecular weight excluding hydrogens is 278 g/mol. The lowest BCUT2D eigenvalue weighted by molar-refractivity contribution is 0.122. The Morgan fingerprint density at radius 2 is 1.85 bits per heavy atom. The molecule has 0 spiro atoms. The highest BCUT2D eigenvalue weighted by Crippen LogP contribution is 2.28. The fraction of sp³-hybridized carbons (Fsp3) is 0.615. The molecule has 7 heteroatoms. The van der Waals surface area contributed by atoms with Crippen LogP contribution in [0.2, 0.25) is 5.28 Å². The van der Waals surface area contributed by atoms with Gasteiger partial charge >= 0.3 is 0 Å². The van der Waals surface area contributed by atoms with E-state index in [0.29, 0.717) is 5.28 Å². The Morgan fingerprint density at radius 1 is 1.00 bits per heavy atom. The largest absolute Gasteiger partial charge is 0.378 e. The molecule has 20 heavy (non-hydrogen) atoms. The Hall–Kier alpha value is -1.40. The van der Waals surface area contributed by atoms with Crippen molar-refractivity contribution in [3.8, 4) is 0 Å². The van der Waals surface area contributed by atoms with Gasteiger partial charge in [-0.25, -0.2) is 4.98 Å². The van der Waals surface area contributed by atoms with E-state index in [4.69, 9.17) is 21.3 Å². The molecule has 106 valence electrons. The van der Waals surface area contributed by atoms with Crippen LogP contribution in [-0.4, -0.2) is 45.8 Å². The van der Waals surface area contributed by atoms with Crippen molar-refractivity contribution in [3.05, 3.63) is 11.1 Å². The van der Waals surface area contributed by atoms with Gasteiger partial charge in [0.1, 0.15) is 5.82 Å².